The summed E-state index contributed by atoms with van der Waals surface area (Å²) in [5.41, 5.74) is 2.88. The number of carbonyl (C=O) groups is 1. The van der Waals surface area contributed by atoms with Crippen LogP contribution in [0.15, 0.2) is 71.8 Å². The van der Waals surface area contributed by atoms with E-state index < -0.39 is 0 Å². The minimum atomic E-state index is -0.0277. The summed E-state index contributed by atoms with van der Waals surface area (Å²) in [4.78, 5) is 18.3. The number of methoxy groups -OCH3 is 1. The van der Waals surface area contributed by atoms with E-state index in [1.54, 1.807) is 7.11 Å². The van der Waals surface area contributed by atoms with Crippen LogP contribution >= 0.6 is 0 Å². The third-order valence-corrected chi connectivity index (χ3v) is 5.68. The van der Waals surface area contributed by atoms with E-state index in [1.165, 1.54) is 0 Å². The molecule has 0 N–H and O–H groups in total. The lowest BCUT2D eigenvalue weighted by Gasteiger charge is -2.24. The van der Waals surface area contributed by atoms with Gasteiger partial charge in [-0.15, -0.1) is 0 Å². The lowest BCUT2D eigenvalue weighted by atomic mass is 9.95. The van der Waals surface area contributed by atoms with Crippen LogP contribution in [0.5, 0.6) is 11.5 Å². The first-order chi connectivity index (χ1) is 14.7. The second-order valence-electron chi connectivity index (χ2n) is 7.62. The van der Waals surface area contributed by atoms with Gasteiger partial charge in [0.2, 0.25) is 6.41 Å². The summed E-state index contributed by atoms with van der Waals surface area (Å²) in [7, 11) is 1.64. The van der Waals surface area contributed by atoms with E-state index in [9.17, 15) is 4.79 Å². The maximum atomic E-state index is 11.7. The number of hydrogen-bond donors (Lipinski definition) is 0. The number of rotatable bonds is 7. The van der Waals surface area contributed by atoms with Crippen molar-refractivity contribution in [3.63, 3.8) is 0 Å². The molecule has 5 heteroatoms. The molecule has 0 bridgehead atoms. The molecule has 2 aromatic rings. The molecule has 1 heterocycles. The predicted octanol–water partition coefficient (Wildman–Crippen LogP) is 4.63. The molecule has 2 aliphatic rings. The van der Waals surface area contributed by atoms with Crippen molar-refractivity contribution in [2.24, 2.45) is 10.9 Å². The van der Waals surface area contributed by atoms with Gasteiger partial charge in [-0.25, -0.2) is 0 Å². The molecule has 0 aromatic heterocycles. The molecule has 1 aliphatic carbocycles. The number of benzene rings is 2. The van der Waals surface area contributed by atoms with Crippen molar-refractivity contribution < 1.29 is 14.3 Å². The SMILES string of the molecule is COc1cc(C)c(N=C[C@@H]2CC3C=CC=CC3N2C=O)cc1OCc1ccccc1. The van der Waals surface area contributed by atoms with Crippen molar-refractivity contribution in [2.45, 2.75) is 32.0 Å². The Morgan fingerprint density at radius 1 is 1.13 bits per heavy atom. The van der Waals surface area contributed by atoms with E-state index in [1.807, 2.05) is 72.7 Å². The number of carbonyl (C=O) groups excluding carboxylic acids is 1. The number of allylic oxidation sites excluding steroid dienone is 2. The fourth-order valence-electron chi connectivity index (χ4n) is 4.05. The quantitative estimate of drug-likeness (QED) is 0.501. The van der Waals surface area contributed by atoms with Crippen molar-refractivity contribution in [2.75, 3.05) is 7.11 Å². The monoisotopic (exact) mass is 402 g/mol. The molecule has 154 valence electrons. The Morgan fingerprint density at radius 2 is 1.93 bits per heavy atom. The van der Waals surface area contributed by atoms with E-state index in [4.69, 9.17) is 14.5 Å². The highest BCUT2D eigenvalue weighted by Crippen LogP contribution is 2.36. The van der Waals surface area contributed by atoms with Crippen molar-refractivity contribution in [3.8, 4) is 11.5 Å². The van der Waals surface area contributed by atoms with Gasteiger partial charge in [-0.3, -0.25) is 9.79 Å². The molecular formula is C25H26N2O3. The predicted molar refractivity (Wildman–Crippen MR) is 119 cm³/mol. The average molecular weight is 402 g/mol. The summed E-state index contributed by atoms with van der Waals surface area (Å²) in [6, 6.07) is 13.9. The second kappa shape index (κ2) is 8.99. The number of aliphatic imine (C=N–C) groups is 1. The lowest BCUT2D eigenvalue weighted by molar-refractivity contribution is -0.119. The highest BCUT2D eigenvalue weighted by Gasteiger charge is 2.37. The van der Waals surface area contributed by atoms with E-state index >= 15 is 0 Å². The maximum Gasteiger partial charge on any atom is 0.210 e. The van der Waals surface area contributed by atoms with Crippen LogP contribution < -0.4 is 9.47 Å². The van der Waals surface area contributed by atoms with Crippen molar-refractivity contribution >= 4 is 18.3 Å². The zero-order valence-electron chi connectivity index (χ0n) is 17.3. The van der Waals surface area contributed by atoms with Crippen molar-refractivity contribution in [1.82, 2.24) is 4.90 Å². The molecule has 1 amide bonds. The summed E-state index contributed by atoms with van der Waals surface area (Å²) in [5.74, 6) is 1.68. The normalized spacial score (nSPS) is 22.3. The molecule has 30 heavy (non-hydrogen) atoms. The standard InChI is InChI=1S/C25H26N2O3/c1-18-12-24(29-2)25(30-16-19-8-4-3-5-9-19)14-22(18)26-15-21-13-20-10-6-7-11-23(20)27(21)17-28/h3-12,14-15,17,20-21,23H,13,16H2,1-2H3/t20?,21-,23?/m0/s1. The molecule has 0 radical (unpaired) electrons. The number of hydrogen-bond acceptors (Lipinski definition) is 4. The summed E-state index contributed by atoms with van der Waals surface area (Å²) in [5, 5.41) is 0. The molecule has 0 spiro atoms. The highest BCUT2D eigenvalue weighted by molar-refractivity contribution is 5.75. The Bertz CT molecular complexity index is 981. The molecule has 1 fully saturated rings. The van der Waals surface area contributed by atoms with Gasteiger partial charge in [0.25, 0.3) is 0 Å². The highest BCUT2D eigenvalue weighted by atomic mass is 16.5. The minimum absolute atomic E-state index is 0.0277. The van der Waals surface area contributed by atoms with E-state index in [0.717, 1.165) is 29.6 Å². The van der Waals surface area contributed by atoms with Crippen molar-refractivity contribution in [1.29, 1.82) is 0 Å². The Hall–Kier alpha value is -3.34. The van der Waals surface area contributed by atoms with Crippen LogP contribution in [0.1, 0.15) is 17.5 Å². The third kappa shape index (κ3) is 4.15. The molecule has 5 nitrogen and oxygen atoms in total. The molecule has 3 atom stereocenters. The van der Waals surface area contributed by atoms with E-state index in [0.29, 0.717) is 24.0 Å². The molecule has 2 aromatic carbocycles. The van der Waals surface area contributed by atoms with E-state index in [2.05, 4.69) is 12.2 Å². The fraction of sp³-hybridized carbons (Fsp3) is 0.280. The zero-order valence-corrected chi connectivity index (χ0v) is 17.3. The molecule has 0 saturated carbocycles. The second-order valence-corrected chi connectivity index (χ2v) is 7.62. The molecule has 4 rings (SSSR count). The van der Waals surface area contributed by atoms with Gasteiger partial charge in [0, 0.05) is 18.2 Å². The van der Waals surface area contributed by atoms with Crippen LogP contribution in [0.2, 0.25) is 0 Å². The number of aryl methyl sites for hydroxylation is 1. The average Bonchev–Trinajstić information content (AvgIpc) is 3.15. The van der Waals surface area contributed by atoms with Crippen LogP contribution in [0, 0.1) is 12.8 Å². The third-order valence-electron chi connectivity index (χ3n) is 5.68. The first-order valence-corrected chi connectivity index (χ1v) is 10.2. The Morgan fingerprint density at radius 3 is 2.70 bits per heavy atom. The lowest BCUT2D eigenvalue weighted by Crippen LogP contribution is -2.36. The summed E-state index contributed by atoms with van der Waals surface area (Å²) in [6.07, 6.45) is 12.0. The number of fused-ring (bicyclic) bond motifs is 1. The van der Waals surface area contributed by atoms with Crippen LogP contribution in [0.3, 0.4) is 0 Å². The molecule has 1 aliphatic heterocycles. The van der Waals surface area contributed by atoms with E-state index in [-0.39, 0.29) is 12.1 Å². The van der Waals surface area contributed by atoms with Gasteiger partial charge >= 0.3 is 0 Å². The summed E-state index contributed by atoms with van der Waals surface area (Å²) >= 11 is 0. The Labute approximate surface area is 177 Å². The van der Waals surface area contributed by atoms with Crippen LogP contribution in [0.25, 0.3) is 0 Å². The summed E-state index contributed by atoms with van der Waals surface area (Å²) < 4.78 is 11.5. The van der Waals surface area contributed by atoms with Gasteiger partial charge in [0.15, 0.2) is 11.5 Å². The molecular weight excluding hydrogens is 376 g/mol. The minimum Gasteiger partial charge on any atom is -0.493 e. The van der Waals surface area contributed by atoms with Gasteiger partial charge in [-0.05, 0) is 30.5 Å². The van der Waals surface area contributed by atoms with Gasteiger partial charge in [0.1, 0.15) is 6.61 Å². The van der Waals surface area contributed by atoms with Crippen LogP contribution in [0.4, 0.5) is 5.69 Å². The maximum absolute atomic E-state index is 11.7. The Balaban J connectivity index is 1.54. The van der Waals surface area contributed by atoms with Crippen LogP contribution in [-0.4, -0.2) is 36.7 Å². The largest absolute Gasteiger partial charge is 0.493 e. The van der Waals surface area contributed by atoms with Crippen LogP contribution in [-0.2, 0) is 11.4 Å². The topological polar surface area (TPSA) is 51.1 Å². The number of amides is 1. The summed E-state index contributed by atoms with van der Waals surface area (Å²) in [6.45, 7) is 2.44. The van der Waals surface area contributed by atoms with Gasteiger partial charge in [0.05, 0.1) is 24.9 Å². The zero-order chi connectivity index (χ0) is 20.9. The van der Waals surface area contributed by atoms with Gasteiger partial charge in [-0.2, -0.15) is 0 Å². The van der Waals surface area contributed by atoms with Gasteiger partial charge < -0.3 is 14.4 Å². The molecule has 2 unspecified atom stereocenters. The molecule has 1 saturated heterocycles. The Kier molecular flexibility index (Phi) is 5.98. The first-order valence-electron chi connectivity index (χ1n) is 10.2. The number of likely N-dealkylation sites (tertiary alicyclic amines) is 1. The smallest absolute Gasteiger partial charge is 0.210 e. The number of ether oxygens (including phenoxy) is 2. The first kappa shape index (κ1) is 20.0. The number of nitrogens with zero attached hydrogens (tertiary/aromatic N) is 2. The fourth-order valence-corrected chi connectivity index (χ4v) is 4.05. The van der Waals surface area contributed by atoms with Crippen molar-refractivity contribution in [3.05, 3.63) is 77.9 Å². The van der Waals surface area contributed by atoms with Gasteiger partial charge in [-0.1, -0.05) is 54.6 Å².